The Bertz CT molecular complexity index is 357. The van der Waals surface area contributed by atoms with Gasteiger partial charge < -0.3 is 24.7 Å². The van der Waals surface area contributed by atoms with Gasteiger partial charge in [-0.05, 0) is 12.8 Å². The molecule has 0 spiro atoms. The second-order valence-electron chi connectivity index (χ2n) is 5.26. The second-order valence-corrected chi connectivity index (χ2v) is 5.26. The minimum atomic E-state index is -1.05. The minimum absolute atomic E-state index is 0.0265. The quantitative estimate of drug-likeness (QED) is 0.766. The normalized spacial score (nSPS) is 23.9. The molecule has 2 N–H and O–H groups in total. The Labute approximate surface area is 118 Å². The van der Waals surface area contributed by atoms with Crippen LogP contribution in [0.1, 0.15) is 25.7 Å². The molecule has 1 saturated heterocycles. The number of morpholine rings is 1. The number of aliphatic hydroxyl groups excluding tert-OH is 1. The lowest BCUT2D eigenvalue weighted by Crippen LogP contribution is -2.58. The topological polar surface area (TPSA) is 90.3 Å². The van der Waals surface area contributed by atoms with Crippen molar-refractivity contribution in [3.63, 3.8) is 0 Å². The summed E-state index contributed by atoms with van der Waals surface area (Å²) in [5.74, 6) is -1.05. The van der Waals surface area contributed by atoms with Gasteiger partial charge in [0, 0.05) is 19.1 Å². The number of carbonyl (C=O) groups is 2. The number of carboxylic acids is 1. The van der Waals surface area contributed by atoms with Crippen LogP contribution in [0.5, 0.6) is 0 Å². The Balaban J connectivity index is 2.10. The van der Waals surface area contributed by atoms with E-state index in [4.69, 9.17) is 9.84 Å². The molecule has 2 fully saturated rings. The van der Waals surface area contributed by atoms with Gasteiger partial charge in [-0.25, -0.2) is 9.59 Å². The zero-order valence-corrected chi connectivity index (χ0v) is 11.5. The zero-order chi connectivity index (χ0) is 14.5. The lowest BCUT2D eigenvalue weighted by atomic mass is 10.2. The van der Waals surface area contributed by atoms with Gasteiger partial charge in [0.05, 0.1) is 19.8 Å². The first-order valence-electron chi connectivity index (χ1n) is 7.13. The average molecular weight is 286 g/mol. The van der Waals surface area contributed by atoms with Gasteiger partial charge >= 0.3 is 12.0 Å². The van der Waals surface area contributed by atoms with Gasteiger partial charge in [0.15, 0.2) is 6.04 Å². The minimum Gasteiger partial charge on any atom is -0.480 e. The molecule has 0 aromatic heterocycles. The summed E-state index contributed by atoms with van der Waals surface area (Å²) in [6, 6.07) is -1.10. The second kappa shape index (κ2) is 6.90. The maximum Gasteiger partial charge on any atom is 0.328 e. The SMILES string of the molecule is O=C(O)C1COCCN1C(=O)N(CCO)C1CCCC1. The fraction of sp³-hybridized carbons (Fsp3) is 0.846. The molecule has 0 aromatic carbocycles. The zero-order valence-electron chi connectivity index (χ0n) is 11.5. The summed E-state index contributed by atoms with van der Waals surface area (Å²) in [6.07, 6.45) is 4.00. The summed E-state index contributed by atoms with van der Waals surface area (Å²) in [5, 5.41) is 18.4. The molecule has 1 atom stereocenters. The third kappa shape index (κ3) is 3.21. The lowest BCUT2D eigenvalue weighted by molar-refractivity contribution is -0.147. The largest absolute Gasteiger partial charge is 0.480 e. The first-order chi connectivity index (χ1) is 9.65. The number of amides is 2. The number of urea groups is 1. The molecular formula is C13H22N2O5. The van der Waals surface area contributed by atoms with Crippen LogP contribution in [-0.4, -0.2) is 77.0 Å². The molecule has 20 heavy (non-hydrogen) atoms. The number of hydrogen-bond acceptors (Lipinski definition) is 4. The Kier molecular flexibility index (Phi) is 5.19. The van der Waals surface area contributed by atoms with Crippen LogP contribution < -0.4 is 0 Å². The summed E-state index contributed by atoms with van der Waals surface area (Å²) in [5.41, 5.74) is 0. The highest BCUT2D eigenvalue weighted by atomic mass is 16.5. The van der Waals surface area contributed by atoms with Gasteiger partial charge in [-0.3, -0.25) is 0 Å². The van der Waals surface area contributed by atoms with Crippen molar-refractivity contribution < 1.29 is 24.5 Å². The van der Waals surface area contributed by atoms with Crippen LogP contribution in [0.15, 0.2) is 0 Å². The van der Waals surface area contributed by atoms with Crippen LogP contribution >= 0.6 is 0 Å². The molecule has 0 radical (unpaired) electrons. The molecule has 7 heteroatoms. The first kappa shape index (κ1) is 15.1. The van der Waals surface area contributed by atoms with Crippen molar-refractivity contribution in [2.24, 2.45) is 0 Å². The van der Waals surface area contributed by atoms with E-state index in [1.165, 1.54) is 4.90 Å². The number of carboxylic acid groups (broad SMARTS) is 1. The van der Waals surface area contributed by atoms with E-state index in [1.54, 1.807) is 4.90 Å². The molecule has 1 aliphatic heterocycles. The summed E-state index contributed by atoms with van der Waals surface area (Å²) in [4.78, 5) is 26.8. The number of rotatable bonds is 4. The molecule has 1 aliphatic carbocycles. The molecule has 7 nitrogen and oxygen atoms in total. The average Bonchev–Trinajstić information content (AvgIpc) is 2.98. The smallest absolute Gasteiger partial charge is 0.328 e. The van der Waals surface area contributed by atoms with Crippen LogP contribution in [0, 0.1) is 0 Å². The van der Waals surface area contributed by atoms with E-state index < -0.39 is 12.0 Å². The van der Waals surface area contributed by atoms with Crippen LogP contribution in [0.2, 0.25) is 0 Å². The monoisotopic (exact) mass is 286 g/mol. The summed E-state index contributed by atoms with van der Waals surface area (Å²) in [7, 11) is 0. The predicted octanol–water partition coefficient (Wildman–Crippen LogP) is 0.129. The summed E-state index contributed by atoms with van der Waals surface area (Å²) >= 11 is 0. The Morgan fingerprint density at radius 2 is 2.00 bits per heavy atom. The van der Waals surface area contributed by atoms with Crippen LogP contribution in [0.4, 0.5) is 4.79 Å². The molecule has 1 unspecified atom stereocenters. The van der Waals surface area contributed by atoms with Crippen LogP contribution in [-0.2, 0) is 9.53 Å². The number of ether oxygens (including phenoxy) is 1. The number of aliphatic hydroxyl groups is 1. The number of hydrogen-bond donors (Lipinski definition) is 2. The highest BCUT2D eigenvalue weighted by Gasteiger charge is 2.37. The van der Waals surface area contributed by atoms with Crippen molar-refractivity contribution in [1.29, 1.82) is 0 Å². The molecule has 114 valence electrons. The van der Waals surface area contributed by atoms with Crippen LogP contribution in [0.25, 0.3) is 0 Å². The van der Waals surface area contributed by atoms with Gasteiger partial charge in [0.1, 0.15) is 0 Å². The fourth-order valence-corrected chi connectivity index (χ4v) is 2.96. The van der Waals surface area contributed by atoms with Gasteiger partial charge in [-0.2, -0.15) is 0 Å². The third-order valence-corrected chi connectivity index (χ3v) is 4.01. The highest BCUT2D eigenvalue weighted by molar-refractivity contribution is 5.83. The standard InChI is InChI=1S/C13H22N2O5/c16-7-5-14(10-3-1-2-4-10)13(19)15-6-8-20-9-11(15)12(17)18/h10-11,16H,1-9H2,(H,17,18). The molecular weight excluding hydrogens is 264 g/mol. The van der Waals surface area contributed by atoms with Crippen molar-refractivity contribution >= 4 is 12.0 Å². The number of carbonyl (C=O) groups excluding carboxylic acids is 1. The number of aliphatic carboxylic acids is 1. The molecule has 2 aliphatic rings. The predicted molar refractivity (Wildman–Crippen MR) is 70.4 cm³/mol. The van der Waals surface area contributed by atoms with E-state index in [9.17, 15) is 14.7 Å². The highest BCUT2D eigenvalue weighted by Crippen LogP contribution is 2.25. The van der Waals surface area contributed by atoms with Gasteiger partial charge in [-0.15, -0.1) is 0 Å². The van der Waals surface area contributed by atoms with E-state index in [0.29, 0.717) is 6.61 Å². The number of nitrogens with zero attached hydrogens (tertiary/aromatic N) is 2. The Hall–Kier alpha value is -1.34. The molecule has 2 rings (SSSR count). The lowest BCUT2D eigenvalue weighted by Gasteiger charge is -2.38. The van der Waals surface area contributed by atoms with Crippen molar-refractivity contribution in [1.82, 2.24) is 9.80 Å². The summed E-state index contributed by atoms with van der Waals surface area (Å²) < 4.78 is 5.15. The molecule has 0 bridgehead atoms. The van der Waals surface area contributed by atoms with Crippen molar-refractivity contribution in [3.05, 3.63) is 0 Å². The molecule has 1 saturated carbocycles. The maximum atomic E-state index is 12.6. The fourth-order valence-electron chi connectivity index (χ4n) is 2.96. The van der Waals surface area contributed by atoms with Gasteiger partial charge in [0.2, 0.25) is 0 Å². The van der Waals surface area contributed by atoms with E-state index in [-0.39, 0.29) is 38.4 Å². The molecule has 0 aromatic rings. The van der Waals surface area contributed by atoms with Crippen molar-refractivity contribution in [2.75, 3.05) is 32.9 Å². The van der Waals surface area contributed by atoms with E-state index >= 15 is 0 Å². The maximum absolute atomic E-state index is 12.6. The Morgan fingerprint density at radius 1 is 1.30 bits per heavy atom. The van der Waals surface area contributed by atoms with Gasteiger partial charge in [0.25, 0.3) is 0 Å². The third-order valence-electron chi connectivity index (χ3n) is 4.01. The van der Waals surface area contributed by atoms with E-state index in [0.717, 1.165) is 25.7 Å². The van der Waals surface area contributed by atoms with Crippen molar-refractivity contribution in [2.45, 2.75) is 37.8 Å². The Morgan fingerprint density at radius 3 is 2.60 bits per heavy atom. The van der Waals surface area contributed by atoms with Crippen LogP contribution in [0.3, 0.4) is 0 Å². The molecule has 2 amide bonds. The van der Waals surface area contributed by atoms with E-state index in [1.807, 2.05) is 0 Å². The summed E-state index contributed by atoms with van der Waals surface area (Å²) in [6.45, 7) is 0.813. The van der Waals surface area contributed by atoms with Crippen molar-refractivity contribution in [3.8, 4) is 0 Å². The first-order valence-corrected chi connectivity index (χ1v) is 7.13. The molecule has 1 heterocycles. The van der Waals surface area contributed by atoms with E-state index in [2.05, 4.69) is 0 Å². The van der Waals surface area contributed by atoms with Gasteiger partial charge in [-0.1, -0.05) is 12.8 Å².